The third-order valence-corrected chi connectivity index (χ3v) is 3.76. The van der Waals surface area contributed by atoms with Gasteiger partial charge in [0.2, 0.25) is 0 Å². The van der Waals surface area contributed by atoms with Gasteiger partial charge in [-0.15, -0.1) is 0 Å². The Kier molecular flexibility index (Phi) is 5.19. The molecule has 0 bridgehead atoms. The van der Waals surface area contributed by atoms with Gasteiger partial charge >= 0.3 is 0 Å². The lowest BCUT2D eigenvalue weighted by atomic mass is 10.0. The van der Waals surface area contributed by atoms with Gasteiger partial charge in [-0.25, -0.2) is 8.78 Å². The Hall–Kier alpha value is -3.01. The summed E-state index contributed by atoms with van der Waals surface area (Å²) in [7, 11) is 0. The van der Waals surface area contributed by atoms with Gasteiger partial charge < -0.3 is 4.74 Å². The van der Waals surface area contributed by atoms with Gasteiger partial charge in [0.1, 0.15) is 24.0 Å². The lowest BCUT2D eigenvalue weighted by Gasteiger charge is -2.08. The van der Waals surface area contributed by atoms with E-state index in [0.717, 1.165) is 23.8 Å². The minimum absolute atomic E-state index is 0.0422. The van der Waals surface area contributed by atoms with Crippen LogP contribution in [0.3, 0.4) is 0 Å². The molecule has 4 heteroatoms. The van der Waals surface area contributed by atoms with Gasteiger partial charge in [-0.3, -0.25) is 4.79 Å². The molecule has 3 aromatic carbocycles. The fourth-order valence-electron chi connectivity index (χ4n) is 2.45. The minimum atomic E-state index is -0.591. The normalized spacial score (nSPS) is 10.5. The number of hydrogen-bond acceptors (Lipinski definition) is 2. The number of Topliss-reactive ketones (excluding diaryl/α,β-unsaturated/α-hetero) is 1. The van der Waals surface area contributed by atoms with Crippen LogP contribution in [-0.2, 0) is 13.0 Å². The molecule has 0 radical (unpaired) electrons. The zero-order chi connectivity index (χ0) is 17.6. The van der Waals surface area contributed by atoms with Gasteiger partial charge in [-0.05, 0) is 41.5 Å². The van der Waals surface area contributed by atoms with Gasteiger partial charge in [-0.2, -0.15) is 0 Å². The summed E-state index contributed by atoms with van der Waals surface area (Å²) in [6.45, 7) is 0.386. The van der Waals surface area contributed by atoms with Crippen LogP contribution in [0.5, 0.6) is 5.75 Å². The van der Waals surface area contributed by atoms with Crippen molar-refractivity contribution in [3.8, 4) is 5.75 Å². The second-order valence-corrected chi connectivity index (χ2v) is 5.64. The molecule has 0 saturated heterocycles. The molecular weight excluding hydrogens is 322 g/mol. The van der Waals surface area contributed by atoms with Crippen LogP contribution in [0.15, 0.2) is 72.8 Å². The average Bonchev–Trinajstić information content (AvgIpc) is 2.64. The second-order valence-electron chi connectivity index (χ2n) is 5.64. The van der Waals surface area contributed by atoms with Gasteiger partial charge in [0.25, 0.3) is 0 Å². The van der Waals surface area contributed by atoms with E-state index in [9.17, 15) is 13.6 Å². The largest absolute Gasteiger partial charge is 0.489 e. The smallest absolute Gasteiger partial charge is 0.167 e. The fraction of sp³-hybridized carbons (Fsp3) is 0.0952. The number of benzene rings is 3. The van der Waals surface area contributed by atoms with E-state index in [-0.39, 0.29) is 17.8 Å². The molecule has 0 unspecified atom stereocenters. The van der Waals surface area contributed by atoms with Crippen molar-refractivity contribution in [2.45, 2.75) is 13.0 Å². The molecule has 25 heavy (non-hydrogen) atoms. The summed E-state index contributed by atoms with van der Waals surface area (Å²) in [6, 6.07) is 19.5. The lowest BCUT2D eigenvalue weighted by Crippen LogP contribution is -2.06. The van der Waals surface area contributed by atoms with Crippen LogP contribution >= 0.6 is 0 Å². The topological polar surface area (TPSA) is 26.3 Å². The Morgan fingerprint density at radius 1 is 0.880 bits per heavy atom. The number of rotatable bonds is 6. The number of halogens is 2. The molecule has 0 saturated carbocycles. The predicted molar refractivity (Wildman–Crippen MR) is 91.6 cm³/mol. The van der Waals surface area contributed by atoms with Crippen molar-refractivity contribution in [3.05, 3.63) is 101 Å². The van der Waals surface area contributed by atoms with Gasteiger partial charge in [-0.1, -0.05) is 42.5 Å². The highest BCUT2D eigenvalue weighted by molar-refractivity contribution is 5.97. The Bertz CT molecular complexity index is 876. The average molecular weight is 338 g/mol. The highest BCUT2D eigenvalue weighted by Crippen LogP contribution is 2.18. The number of hydrogen-bond donors (Lipinski definition) is 0. The first kappa shape index (κ1) is 16.8. The second kappa shape index (κ2) is 7.71. The summed E-state index contributed by atoms with van der Waals surface area (Å²) in [5.74, 6) is -0.903. The zero-order valence-electron chi connectivity index (χ0n) is 13.4. The van der Waals surface area contributed by atoms with Crippen molar-refractivity contribution in [2.24, 2.45) is 0 Å². The molecule has 2 nitrogen and oxygen atoms in total. The molecule has 0 aliphatic carbocycles. The molecule has 0 aliphatic heterocycles. The van der Waals surface area contributed by atoms with E-state index < -0.39 is 11.6 Å². The van der Waals surface area contributed by atoms with Gasteiger partial charge in [0.05, 0.1) is 0 Å². The van der Waals surface area contributed by atoms with E-state index in [1.54, 1.807) is 24.3 Å². The van der Waals surface area contributed by atoms with E-state index in [2.05, 4.69) is 0 Å². The van der Waals surface area contributed by atoms with E-state index in [1.807, 2.05) is 30.3 Å². The molecule has 0 fully saturated rings. The first-order valence-electron chi connectivity index (χ1n) is 7.86. The molecule has 3 aromatic rings. The summed E-state index contributed by atoms with van der Waals surface area (Å²) in [5.41, 5.74) is 1.45. The quantitative estimate of drug-likeness (QED) is 0.593. The van der Waals surface area contributed by atoms with E-state index in [1.165, 1.54) is 0 Å². The van der Waals surface area contributed by atoms with E-state index in [0.29, 0.717) is 17.9 Å². The van der Waals surface area contributed by atoms with Crippen molar-refractivity contribution in [3.63, 3.8) is 0 Å². The maximum atomic E-state index is 13.7. The predicted octanol–water partition coefficient (Wildman–Crippen LogP) is 4.97. The van der Waals surface area contributed by atoms with Crippen molar-refractivity contribution in [1.82, 2.24) is 0 Å². The third kappa shape index (κ3) is 4.51. The summed E-state index contributed by atoms with van der Waals surface area (Å²) < 4.78 is 32.6. The third-order valence-electron chi connectivity index (χ3n) is 3.76. The van der Waals surface area contributed by atoms with Crippen LogP contribution in [0.1, 0.15) is 21.5 Å². The van der Waals surface area contributed by atoms with Crippen LogP contribution in [0.4, 0.5) is 8.78 Å². The Morgan fingerprint density at radius 2 is 1.68 bits per heavy atom. The highest BCUT2D eigenvalue weighted by Gasteiger charge is 2.12. The Labute approximate surface area is 144 Å². The van der Waals surface area contributed by atoms with Crippen molar-refractivity contribution >= 4 is 5.78 Å². The SMILES string of the molecule is O=C(Cc1cc(F)ccc1F)c1cccc(OCc2ccccc2)c1. The molecule has 126 valence electrons. The highest BCUT2D eigenvalue weighted by atomic mass is 19.1. The molecule has 0 N–H and O–H groups in total. The van der Waals surface area contributed by atoms with Crippen LogP contribution in [0, 0.1) is 11.6 Å². The molecule has 0 spiro atoms. The van der Waals surface area contributed by atoms with Crippen LogP contribution < -0.4 is 4.74 Å². The lowest BCUT2D eigenvalue weighted by molar-refractivity contribution is 0.0991. The van der Waals surface area contributed by atoms with E-state index >= 15 is 0 Å². The first-order valence-corrected chi connectivity index (χ1v) is 7.86. The molecule has 0 heterocycles. The molecule has 3 rings (SSSR count). The van der Waals surface area contributed by atoms with Crippen LogP contribution in [-0.4, -0.2) is 5.78 Å². The maximum absolute atomic E-state index is 13.7. The Morgan fingerprint density at radius 3 is 2.48 bits per heavy atom. The summed E-state index contributed by atoms with van der Waals surface area (Å²) in [6.07, 6.45) is -0.203. The van der Waals surface area contributed by atoms with Crippen LogP contribution in [0.25, 0.3) is 0 Å². The number of ketones is 1. The molecule has 0 aromatic heterocycles. The van der Waals surface area contributed by atoms with Crippen molar-refractivity contribution in [2.75, 3.05) is 0 Å². The van der Waals surface area contributed by atoms with Crippen molar-refractivity contribution < 1.29 is 18.3 Å². The number of ether oxygens (including phenoxy) is 1. The Balaban J connectivity index is 1.70. The maximum Gasteiger partial charge on any atom is 0.167 e. The molecular formula is C21H16F2O2. The minimum Gasteiger partial charge on any atom is -0.489 e. The molecule has 0 amide bonds. The summed E-state index contributed by atoms with van der Waals surface area (Å²) >= 11 is 0. The van der Waals surface area contributed by atoms with Crippen LogP contribution in [0.2, 0.25) is 0 Å². The van der Waals surface area contributed by atoms with Crippen molar-refractivity contribution in [1.29, 1.82) is 0 Å². The number of carbonyl (C=O) groups excluding carboxylic acids is 1. The zero-order valence-corrected chi connectivity index (χ0v) is 13.4. The molecule has 0 atom stereocenters. The van der Waals surface area contributed by atoms with Gasteiger partial charge in [0, 0.05) is 12.0 Å². The first-order chi connectivity index (χ1) is 12.1. The summed E-state index contributed by atoms with van der Waals surface area (Å²) in [5, 5.41) is 0. The van der Waals surface area contributed by atoms with E-state index in [4.69, 9.17) is 4.74 Å². The van der Waals surface area contributed by atoms with Gasteiger partial charge in [0.15, 0.2) is 5.78 Å². The number of carbonyl (C=O) groups is 1. The standard InChI is InChI=1S/C21H16F2O2/c22-18-9-10-20(23)17(11-18)13-21(24)16-7-4-8-19(12-16)25-14-15-5-2-1-3-6-15/h1-12H,13-14H2. The molecule has 0 aliphatic rings. The fourth-order valence-corrected chi connectivity index (χ4v) is 2.45. The monoisotopic (exact) mass is 338 g/mol. The summed E-state index contributed by atoms with van der Waals surface area (Å²) in [4.78, 5) is 12.4.